The number of hydrogen-bond acceptors (Lipinski definition) is 7. The average Bonchev–Trinajstić information content (AvgIpc) is 3.45. The molecule has 9 heteroatoms. The van der Waals surface area contributed by atoms with E-state index in [1.807, 2.05) is 67.6 Å². The highest BCUT2D eigenvalue weighted by molar-refractivity contribution is 7.07. The predicted octanol–water partition coefficient (Wildman–Crippen LogP) is 3.64. The summed E-state index contributed by atoms with van der Waals surface area (Å²) in [5.74, 6) is -0.177. The molecule has 41 heavy (non-hydrogen) atoms. The maximum atomic E-state index is 14.3. The van der Waals surface area contributed by atoms with Crippen LogP contribution in [0.4, 0.5) is 5.69 Å². The van der Waals surface area contributed by atoms with Crippen LogP contribution in [0, 0.1) is 6.92 Å². The number of fused-ring (bicyclic) bond motifs is 2. The maximum Gasteiger partial charge on any atom is 0.338 e. The summed E-state index contributed by atoms with van der Waals surface area (Å²) in [6.45, 7) is 4.12. The molecule has 206 valence electrons. The Labute approximate surface area is 240 Å². The molecule has 6 rings (SSSR count). The minimum atomic E-state index is -0.783. The third-order valence-corrected chi connectivity index (χ3v) is 8.50. The summed E-state index contributed by atoms with van der Waals surface area (Å²) >= 11 is 1.16. The van der Waals surface area contributed by atoms with Gasteiger partial charge in [0.1, 0.15) is 10.3 Å². The quantitative estimate of drug-likeness (QED) is 0.345. The predicted molar refractivity (Wildman–Crippen MR) is 157 cm³/mol. The second-order valence-corrected chi connectivity index (χ2v) is 10.9. The summed E-state index contributed by atoms with van der Waals surface area (Å²) in [7, 11) is 2.87. The van der Waals surface area contributed by atoms with Crippen LogP contribution < -0.4 is 24.5 Å². The van der Waals surface area contributed by atoms with Crippen molar-refractivity contribution in [2.24, 2.45) is 4.99 Å². The van der Waals surface area contributed by atoms with E-state index in [1.165, 1.54) is 11.7 Å². The molecule has 2 aliphatic rings. The first-order chi connectivity index (χ1) is 19.8. The van der Waals surface area contributed by atoms with E-state index in [2.05, 4.69) is 4.99 Å². The Morgan fingerprint density at radius 1 is 0.951 bits per heavy atom. The standard InChI is InChI=1S/C32H27N3O5S/c1-18-9-11-20(12-10-18)17-34-24-8-6-5-7-23(24)26(29(34)36)28-30(37)35-27(21-13-15-22(39-3)16-14-21)25(31(38)40-4)19(2)33-32(35)41-28/h5-16,27H,17H2,1-4H3/b28-26-. The Kier molecular flexibility index (Phi) is 6.67. The first-order valence-corrected chi connectivity index (χ1v) is 13.9. The van der Waals surface area contributed by atoms with Gasteiger partial charge in [0.15, 0.2) is 4.80 Å². The Hall–Kier alpha value is -4.76. The molecular formula is C32H27N3O5S. The Bertz CT molecular complexity index is 1920. The molecular weight excluding hydrogens is 538 g/mol. The van der Waals surface area contributed by atoms with E-state index >= 15 is 0 Å². The zero-order chi connectivity index (χ0) is 28.8. The second kappa shape index (κ2) is 10.3. The van der Waals surface area contributed by atoms with Crippen molar-refractivity contribution < 1.29 is 19.1 Å². The van der Waals surface area contributed by atoms with E-state index in [-0.39, 0.29) is 21.6 Å². The molecule has 0 aliphatic carbocycles. The number of methoxy groups -OCH3 is 2. The molecule has 3 aromatic carbocycles. The highest BCUT2D eigenvalue weighted by atomic mass is 32.1. The number of anilines is 1. The summed E-state index contributed by atoms with van der Waals surface area (Å²) < 4.78 is 12.2. The lowest BCUT2D eigenvalue weighted by Gasteiger charge is -2.24. The number of ether oxygens (including phenoxy) is 2. The van der Waals surface area contributed by atoms with Crippen molar-refractivity contribution in [3.63, 3.8) is 0 Å². The number of hydrogen-bond donors (Lipinski definition) is 0. The van der Waals surface area contributed by atoms with Gasteiger partial charge < -0.3 is 14.4 Å². The molecule has 0 fully saturated rings. The van der Waals surface area contributed by atoms with Crippen molar-refractivity contribution in [1.29, 1.82) is 0 Å². The first kappa shape index (κ1) is 26.5. The van der Waals surface area contributed by atoms with Gasteiger partial charge in [0.2, 0.25) is 0 Å². The molecule has 1 aromatic heterocycles. The monoisotopic (exact) mass is 565 g/mol. The van der Waals surface area contributed by atoms with Crippen molar-refractivity contribution in [2.45, 2.75) is 26.4 Å². The van der Waals surface area contributed by atoms with Gasteiger partial charge in [0.05, 0.1) is 49.3 Å². The molecule has 4 aromatic rings. The van der Waals surface area contributed by atoms with E-state index < -0.39 is 12.0 Å². The molecule has 8 nitrogen and oxygen atoms in total. The minimum absolute atomic E-state index is 0.248. The number of carbonyl (C=O) groups excluding carboxylic acids is 2. The fourth-order valence-electron chi connectivity index (χ4n) is 5.38. The van der Waals surface area contributed by atoms with Crippen molar-refractivity contribution >= 4 is 34.5 Å². The van der Waals surface area contributed by atoms with Gasteiger partial charge >= 0.3 is 5.97 Å². The van der Waals surface area contributed by atoms with Gasteiger partial charge in [-0.3, -0.25) is 14.2 Å². The van der Waals surface area contributed by atoms with Crippen LogP contribution in [0.5, 0.6) is 5.75 Å². The van der Waals surface area contributed by atoms with Crippen LogP contribution in [-0.4, -0.2) is 30.7 Å². The van der Waals surface area contributed by atoms with Gasteiger partial charge in [-0.05, 0) is 43.2 Å². The van der Waals surface area contributed by atoms with E-state index in [0.29, 0.717) is 39.5 Å². The van der Waals surface area contributed by atoms with E-state index in [1.54, 1.807) is 31.1 Å². The van der Waals surface area contributed by atoms with Crippen molar-refractivity contribution in [2.75, 3.05) is 19.1 Å². The lowest BCUT2D eigenvalue weighted by atomic mass is 9.96. The molecule has 0 saturated carbocycles. The highest BCUT2D eigenvalue weighted by Gasteiger charge is 2.37. The number of amides is 1. The Morgan fingerprint density at radius 2 is 1.66 bits per heavy atom. The molecule has 1 atom stereocenters. The van der Waals surface area contributed by atoms with Crippen LogP contribution in [0.1, 0.15) is 35.2 Å². The number of benzene rings is 3. The van der Waals surface area contributed by atoms with Crippen LogP contribution >= 0.6 is 11.3 Å². The molecule has 0 N–H and O–H groups in total. The number of esters is 1. The minimum Gasteiger partial charge on any atom is -0.497 e. The summed E-state index contributed by atoms with van der Waals surface area (Å²) in [5.41, 5.74) is 4.92. The van der Waals surface area contributed by atoms with Gasteiger partial charge in [0, 0.05) is 5.56 Å². The largest absolute Gasteiger partial charge is 0.497 e. The number of allylic oxidation sites excluding steroid dienone is 1. The number of aryl methyl sites for hydroxylation is 1. The van der Waals surface area contributed by atoms with Crippen LogP contribution in [0.25, 0.3) is 5.57 Å². The number of para-hydroxylation sites is 1. The molecule has 0 spiro atoms. The molecule has 0 bridgehead atoms. The van der Waals surface area contributed by atoms with Crippen molar-refractivity contribution in [1.82, 2.24) is 4.57 Å². The van der Waals surface area contributed by atoms with Crippen LogP contribution in [0.15, 0.2) is 93.9 Å². The third kappa shape index (κ3) is 4.38. The molecule has 0 radical (unpaired) electrons. The van der Waals surface area contributed by atoms with Crippen molar-refractivity contribution in [3.8, 4) is 5.75 Å². The summed E-state index contributed by atoms with van der Waals surface area (Å²) in [5, 5.41) is 0. The summed E-state index contributed by atoms with van der Waals surface area (Å²) in [6, 6.07) is 21.9. The zero-order valence-corrected chi connectivity index (χ0v) is 23.8. The fraction of sp³-hybridized carbons (Fsp3) is 0.188. The van der Waals surface area contributed by atoms with Gasteiger partial charge in [-0.2, -0.15) is 0 Å². The number of nitrogens with zero attached hydrogens (tertiary/aromatic N) is 3. The van der Waals surface area contributed by atoms with Gasteiger partial charge in [-0.1, -0.05) is 71.5 Å². The second-order valence-electron chi connectivity index (χ2n) is 9.94. The number of aromatic nitrogens is 1. The average molecular weight is 566 g/mol. The lowest BCUT2D eigenvalue weighted by molar-refractivity contribution is -0.136. The Morgan fingerprint density at radius 3 is 2.34 bits per heavy atom. The van der Waals surface area contributed by atoms with Gasteiger partial charge in [-0.15, -0.1) is 0 Å². The lowest BCUT2D eigenvalue weighted by Crippen LogP contribution is -2.40. The summed E-state index contributed by atoms with van der Waals surface area (Å²) in [4.78, 5) is 48.0. The van der Waals surface area contributed by atoms with E-state index in [4.69, 9.17) is 9.47 Å². The normalized spacial score (nSPS) is 17.2. The number of thiazole rings is 1. The highest BCUT2D eigenvalue weighted by Crippen LogP contribution is 2.37. The fourth-order valence-corrected chi connectivity index (χ4v) is 6.51. The molecule has 2 aliphatic heterocycles. The summed E-state index contributed by atoms with van der Waals surface area (Å²) in [6.07, 6.45) is 0. The van der Waals surface area contributed by atoms with E-state index in [0.717, 1.165) is 28.2 Å². The third-order valence-electron chi connectivity index (χ3n) is 7.45. The van der Waals surface area contributed by atoms with Gasteiger partial charge in [-0.25, -0.2) is 9.79 Å². The van der Waals surface area contributed by atoms with Crippen LogP contribution in [0.3, 0.4) is 0 Å². The van der Waals surface area contributed by atoms with Crippen LogP contribution in [-0.2, 0) is 20.9 Å². The smallest absolute Gasteiger partial charge is 0.338 e. The molecule has 3 heterocycles. The number of rotatable bonds is 5. The Balaban J connectivity index is 1.56. The maximum absolute atomic E-state index is 14.3. The molecule has 1 amide bonds. The number of carbonyl (C=O) groups is 2. The van der Waals surface area contributed by atoms with Crippen molar-refractivity contribution in [3.05, 3.63) is 126 Å². The first-order valence-electron chi connectivity index (χ1n) is 13.1. The van der Waals surface area contributed by atoms with Gasteiger partial charge in [0.25, 0.3) is 11.5 Å². The molecule has 1 unspecified atom stereocenters. The van der Waals surface area contributed by atoms with Crippen LogP contribution in [0.2, 0.25) is 0 Å². The SMILES string of the molecule is COC(=O)C1=C(C)N=c2s/c(=C3\C(=O)N(Cc4ccc(C)cc4)c4ccccc43)c(=O)n2C1c1ccc(OC)cc1. The topological polar surface area (TPSA) is 90.2 Å². The van der Waals surface area contributed by atoms with E-state index in [9.17, 15) is 14.4 Å². The zero-order valence-electron chi connectivity index (χ0n) is 23.0. The molecule has 0 saturated heterocycles.